The highest BCUT2D eigenvalue weighted by atomic mass is 14.9. The van der Waals surface area contributed by atoms with Crippen LogP contribution in [0, 0.1) is 0 Å². The second kappa shape index (κ2) is 12.4. The molecule has 3 heteroatoms. The molecule has 0 N–H and O–H groups in total. The number of hydrogen-bond donors (Lipinski definition) is 0. The van der Waals surface area contributed by atoms with E-state index in [-0.39, 0.29) is 0 Å². The molecule has 2 heterocycles. The highest BCUT2D eigenvalue weighted by molar-refractivity contribution is 6.13. The van der Waals surface area contributed by atoms with Crippen LogP contribution in [-0.2, 0) is 0 Å². The van der Waals surface area contributed by atoms with Crippen molar-refractivity contribution >= 4 is 43.2 Å². The Hall–Kier alpha value is -6.97. The van der Waals surface area contributed by atoms with Crippen LogP contribution >= 0.6 is 0 Å². The van der Waals surface area contributed by atoms with Crippen molar-refractivity contribution in [3.8, 4) is 56.3 Å². The molecule has 0 spiro atoms. The van der Waals surface area contributed by atoms with E-state index in [1.165, 1.54) is 48.8 Å². The van der Waals surface area contributed by atoms with Gasteiger partial charge in [-0.1, -0.05) is 170 Å². The van der Waals surface area contributed by atoms with Crippen molar-refractivity contribution in [3.05, 3.63) is 188 Å². The van der Waals surface area contributed by atoms with E-state index >= 15 is 0 Å². The lowest BCUT2D eigenvalue weighted by molar-refractivity contribution is 1.19. The first kappa shape index (κ1) is 29.9. The van der Waals surface area contributed by atoms with E-state index in [0.717, 1.165) is 44.9 Å². The molecule has 0 aliphatic heterocycles. The number of pyridine rings is 1. The topological polar surface area (TPSA) is 38.7 Å². The second-order valence-electron chi connectivity index (χ2n) is 13.2. The third kappa shape index (κ3) is 5.19. The van der Waals surface area contributed by atoms with Crippen LogP contribution in [-0.4, -0.2) is 15.0 Å². The van der Waals surface area contributed by atoms with Gasteiger partial charge in [0.15, 0.2) is 5.82 Å². The van der Waals surface area contributed by atoms with Gasteiger partial charge < -0.3 is 0 Å². The zero-order valence-corrected chi connectivity index (χ0v) is 28.2. The Bertz CT molecular complexity index is 2840. The van der Waals surface area contributed by atoms with Crippen molar-refractivity contribution < 1.29 is 0 Å². The summed E-state index contributed by atoms with van der Waals surface area (Å²) in [5.74, 6) is 0.683. The van der Waals surface area contributed by atoms with Crippen LogP contribution in [0.25, 0.3) is 99.5 Å². The molecular weight excluding hydrogens is 631 g/mol. The molecule has 0 aliphatic rings. The van der Waals surface area contributed by atoms with Crippen LogP contribution in [0.2, 0.25) is 0 Å². The third-order valence-corrected chi connectivity index (χ3v) is 10.1. The molecule has 0 amide bonds. The minimum Gasteiger partial charge on any atom is -0.248 e. The van der Waals surface area contributed by atoms with Gasteiger partial charge in [-0.2, -0.15) is 0 Å². The minimum absolute atomic E-state index is 0.683. The summed E-state index contributed by atoms with van der Waals surface area (Å²) < 4.78 is 0. The first-order valence-electron chi connectivity index (χ1n) is 17.6. The van der Waals surface area contributed by atoms with E-state index in [2.05, 4.69) is 188 Å². The summed E-state index contributed by atoms with van der Waals surface area (Å²) in [5.41, 5.74) is 10.2. The first-order chi connectivity index (χ1) is 25.8. The van der Waals surface area contributed by atoms with E-state index in [9.17, 15) is 0 Å². The van der Waals surface area contributed by atoms with E-state index in [0.29, 0.717) is 5.82 Å². The largest absolute Gasteiger partial charge is 0.248 e. The van der Waals surface area contributed by atoms with Gasteiger partial charge in [0.25, 0.3) is 0 Å². The molecule has 0 fully saturated rings. The number of hydrogen-bond acceptors (Lipinski definition) is 3. The maximum absolute atomic E-state index is 5.23. The predicted molar refractivity (Wildman–Crippen MR) is 217 cm³/mol. The summed E-state index contributed by atoms with van der Waals surface area (Å²) in [6.07, 6.45) is 0. The van der Waals surface area contributed by atoms with Gasteiger partial charge in [-0.15, -0.1) is 0 Å². The summed E-state index contributed by atoms with van der Waals surface area (Å²) in [4.78, 5) is 15.7. The highest BCUT2D eigenvalue weighted by Crippen LogP contribution is 2.38. The van der Waals surface area contributed by atoms with Crippen LogP contribution in [0.4, 0.5) is 0 Å². The summed E-state index contributed by atoms with van der Waals surface area (Å²) in [7, 11) is 0. The average molecular weight is 662 g/mol. The lowest BCUT2D eigenvalue weighted by Gasteiger charge is -2.14. The van der Waals surface area contributed by atoms with Crippen LogP contribution in [0.3, 0.4) is 0 Å². The molecule has 10 rings (SSSR count). The van der Waals surface area contributed by atoms with Gasteiger partial charge >= 0.3 is 0 Å². The fraction of sp³-hybridized carbons (Fsp3) is 0. The Kier molecular flexibility index (Phi) is 7.14. The smallest absolute Gasteiger partial charge is 0.160 e. The Balaban J connectivity index is 1.13. The standard InChI is InChI=1S/C49H31N3/c1-2-12-34(13-3-1)43-30-45(50-44-29-28-35-16-6-9-21-40(35)48(43)44)36-24-26-37(27-25-36)49-51-46(41-22-10-17-32-14-4-7-19-38(32)41)31-47(52-49)42-23-11-18-33-15-5-8-20-39(33)42/h1-31H. The molecule has 8 aromatic carbocycles. The fourth-order valence-electron chi connectivity index (χ4n) is 7.54. The molecule has 0 saturated heterocycles. The van der Waals surface area contributed by atoms with Gasteiger partial charge in [0.1, 0.15) is 0 Å². The normalized spacial score (nSPS) is 11.5. The van der Waals surface area contributed by atoms with Gasteiger partial charge in [-0.3, -0.25) is 0 Å². The molecule has 52 heavy (non-hydrogen) atoms. The van der Waals surface area contributed by atoms with Gasteiger partial charge in [-0.25, -0.2) is 15.0 Å². The van der Waals surface area contributed by atoms with E-state index in [1.54, 1.807) is 0 Å². The number of aromatic nitrogens is 3. The monoisotopic (exact) mass is 661 g/mol. The maximum atomic E-state index is 5.23. The minimum atomic E-state index is 0.683. The number of benzene rings is 8. The van der Waals surface area contributed by atoms with Crippen molar-refractivity contribution in [2.75, 3.05) is 0 Å². The maximum Gasteiger partial charge on any atom is 0.160 e. The van der Waals surface area contributed by atoms with Gasteiger partial charge in [0.05, 0.1) is 22.6 Å². The summed E-state index contributed by atoms with van der Waals surface area (Å²) in [6.45, 7) is 0. The SMILES string of the molecule is c1ccc(-c2cc(-c3ccc(-c4nc(-c5cccc6ccccc56)cc(-c5cccc6ccccc56)n4)cc3)nc3ccc4ccccc4c23)cc1. The third-order valence-electron chi connectivity index (χ3n) is 10.1. The average Bonchev–Trinajstić information content (AvgIpc) is 3.23. The van der Waals surface area contributed by atoms with Crippen molar-refractivity contribution in [3.63, 3.8) is 0 Å². The zero-order chi connectivity index (χ0) is 34.4. The van der Waals surface area contributed by atoms with Gasteiger partial charge in [-0.05, 0) is 61.6 Å². The molecule has 0 aliphatic carbocycles. The van der Waals surface area contributed by atoms with E-state index in [1.807, 2.05) is 0 Å². The first-order valence-corrected chi connectivity index (χ1v) is 17.6. The zero-order valence-electron chi connectivity index (χ0n) is 28.2. The molecule has 0 unspecified atom stereocenters. The Morgan fingerprint density at radius 3 is 1.44 bits per heavy atom. The van der Waals surface area contributed by atoms with E-state index < -0.39 is 0 Å². The van der Waals surface area contributed by atoms with Crippen LogP contribution in [0.5, 0.6) is 0 Å². The molecule has 242 valence electrons. The summed E-state index contributed by atoms with van der Waals surface area (Å²) in [5, 5.41) is 8.28. The second-order valence-corrected chi connectivity index (χ2v) is 13.2. The van der Waals surface area contributed by atoms with Crippen LogP contribution in [0.15, 0.2) is 188 Å². The molecule has 0 radical (unpaired) electrons. The molecule has 0 bridgehead atoms. The molecular formula is C49H31N3. The van der Waals surface area contributed by atoms with Crippen molar-refractivity contribution in [1.29, 1.82) is 0 Å². The number of rotatable bonds is 5. The van der Waals surface area contributed by atoms with Crippen LogP contribution < -0.4 is 0 Å². The lowest BCUT2D eigenvalue weighted by Crippen LogP contribution is -1.97. The van der Waals surface area contributed by atoms with Crippen molar-refractivity contribution in [1.82, 2.24) is 15.0 Å². The molecule has 0 saturated carbocycles. The van der Waals surface area contributed by atoms with Crippen molar-refractivity contribution in [2.24, 2.45) is 0 Å². The molecule has 0 atom stereocenters. The number of nitrogens with zero attached hydrogens (tertiary/aromatic N) is 3. The van der Waals surface area contributed by atoms with Gasteiger partial charge in [0, 0.05) is 27.6 Å². The molecule has 10 aromatic rings. The highest BCUT2D eigenvalue weighted by Gasteiger charge is 2.16. The Morgan fingerprint density at radius 2 is 0.808 bits per heavy atom. The molecule has 2 aromatic heterocycles. The Labute approximate surface area is 301 Å². The summed E-state index contributed by atoms with van der Waals surface area (Å²) in [6, 6.07) is 66.2. The quantitative estimate of drug-likeness (QED) is 0.172. The van der Waals surface area contributed by atoms with E-state index in [4.69, 9.17) is 15.0 Å². The van der Waals surface area contributed by atoms with Crippen LogP contribution in [0.1, 0.15) is 0 Å². The Morgan fingerprint density at radius 1 is 0.288 bits per heavy atom. The predicted octanol–water partition coefficient (Wildman–Crippen LogP) is 12.8. The summed E-state index contributed by atoms with van der Waals surface area (Å²) >= 11 is 0. The van der Waals surface area contributed by atoms with Gasteiger partial charge in [0.2, 0.25) is 0 Å². The number of fused-ring (bicyclic) bond motifs is 5. The van der Waals surface area contributed by atoms with Crippen molar-refractivity contribution in [2.45, 2.75) is 0 Å². The fourth-order valence-corrected chi connectivity index (χ4v) is 7.54. The molecule has 3 nitrogen and oxygen atoms in total. The lowest BCUT2D eigenvalue weighted by atomic mass is 9.94.